The van der Waals surface area contributed by atoms with Crippen molar-refractivity contribution in [3.8, 4) is 0 Å². The van der Waals surface area contributed by atoms with Crippen molar-refractivity contribution in [3.63, 3.8) is 0 Å². The van der Waals surface area contributed by atoms with Gasteiger partial charge in [0.05, 0.1) is 25.4 Å². The number of allylic oxidation sites excluding steroid dienone is 3. The third kappa shape index (κ3) is 24.9. The van der Waals surface area contributed by atoms with E-state index in [2.05, 4.69) is 25.2 Å². The summed E-state index contributed by atoms with van der Waals surface area (Å²) >= 11 is 0. The molecule has 306 valence electrons. The molecule has 0 aromatic rings. The Morgan fingerprint density at radius 1 is 0.654 bits per heavy atom. The Morgan fingerprint density at radius 3 is 1.60 bits per heavy atom. The predicted molar refractivity (Wildman–Crippen MR) is 212 cm³/mol. The number of ether oxygens (including phenoxy) is 2. The molecule has 2 unspecified atom stereocenters. The number of unbranched alkanes of at least 4 members (excludes halogenated alkanes) is 24. The van der Waals surface area contributed by atoms with E-state index in [1.165, 1.54) is 135 Å². The largest absolute Gasteiger partial charge is 0.394 e. The molecule has 6 N–H and O–H groups in total. The lowest BCUT2D eigenvalue weighted by atomic mass is 9.99. The molecule has 0 saturated carbocycles. The summed E-state index contributed by atoms with van der Waals surface area (Å²) < 4.78 is 11.1. The SMILES string of the molecule is CCCCCCC/C=C/C=C/[C@@H](O)[C@H](CO[C@H]1O[C@@H](CO)[C@H](O)C(O)C1O)NC(=O)CCCCCCCCCCCCCCCCCCCCCC. The number of nitrogens with one attached hydrogen (secondary N) is 1. The first-order chi connectivity index (χ1) is 25.3. The maximum Gasteiger partial charge on any atom is 0.220 e. The Morgan fingerprint density at radius 2 is 1.12 bits per heavy atom. The molecular formula is C43H81NO8. The number of carbonyl (C=O) groups is 1. The molecule has 0 aromatic heterocycles. The van der Waals surface area contributed by atoms with Crippen LogP contribution in [0.4, 0.5) is 0 Å². The highest BCUT2D eigenvalue weighted by Crippen LogP contribution is 2.22. The van der Waals surface area contributed by atoms with Crippen molar-refractivity contribution >= 4 is 5.91 Å². The highest BCUT2D eigenvalue weighted by molar-refractivity contribution is 5.76. The summed E-state index contributed by atoms with van der Waals surface area (Å²) in [5.74, 6) is -0.195. The molecule has 1 saturated heterocycles. The van der Waals surface area contributed by atoms with Gasteiger partial charge in [0.15, 0.2) is 6.29 Å². The molecule has 1 amide bonds. The van der Waals surface area contributed by atoms with Crippen LogP contribution in [-0.4, -0.2) is 87.5 Å². The van der Waals surface area contributed by atoms with Crippen LogP contribution in [0, 0.1) is 0 Å². The van der Waals surface area contributed by atoms with Gasteiger partial charge < -0.3 is 40.3 Å². The van der Waals surface area contributed by atoms with E-state index in [1.54, 1.807) is 12.2 Å². The second kappa shape index (κ2) is 34.2. The highest BCUT2D eigenvalue weighted by Gasteiger charge is 2.44. The lowest BCUT2D eigenvalue weighted by Crippen LogP contribution is -2.60. The molecule has 1 aliphatic rings. The van der Waals surface area contributed by atoms with E-state index in [-0.39, 0.29) is 12.5 Å². The van der Waals surface area contributed by atoms with Gasteiger partial charge in [0.1, 0.15) is 24.4 Å². The van der Waals surface area contributed by atoms with Crippen molar-refractivity contribution in [3.05, 3.63) is 24.3 Å². The standard InChI is InChI=1S/C43H81NO8/c1-3-5-7-9-11-13-14-15-16-17-18-19-20-21-22-23-25-27-29-31-33-39(47)44-36(37(46)32-30-28-26-24-12-10-8-6-4-2)35-51-43-42(50)41(49)40(48)38(34-45)52-43/h26,28,30,32,36-38,40-43,45-46,48-50H,3-25,27,29,31,33-35H2,1-2H3,(H,44,47)/b28-26+,32-30+/t36-,37+,38-,40-,41?,42?,43-/m0/s1. The van der Waals surface area contributed by atoms with Crippen LogP contribution < -0.4 is 5.32 Å². The Bertz CT molecular complexity index is 868. The first-order valence-corrected chi connectivity index (χ1v) is 21.6. The lowest BCUT2D eigenvalue weighted by Gasteiger charge is -2.40. The lowest BCUT2D eigenvalue weighted by molar-refractivity contribution is -0.302. The first kappa shape index (κ1) is 48.7. The third-order valence-electron chi connectivity index (χ3n) is 10.3. The fourth-order valence-corrected chi connectivity index (χ4v) is 6.80. The van der Waals surface area contributed by atoms with Gasteiger partial charge in [-0.1, -0.05) is 186 Å². The molecule has 9 nitrogen and oxygen atoms in total. The zero-order valence-electron chi connectivity index (χ0n) is 33.3. The number of hydrogen-bond acceptors (Lipinski definition) is 8. The monoisotopic (exact) mass is 740 g/mol. The number of rotatable bonds is 35. The molecule has 1 heterocycles. The number of amides is 1. The van der Waals surface area contributed by atoms with Gasteiger partial charge in [-0.25, -0.2) is 0 Å². The average Bonchev–Trinajstić information content (AvgIpc) is 3.14. The third-order valence-corrected chi connectivity index (χ3v) is 10.3. The van der Waals surface area contributed by atoms with Gasteiger partial charge in [0.25, 0.3) is 0 Å². The molecule has 0 bridgehead atoms. The summed E-state index contributed by atoms with van der Waals surface area (Å²) in [6.45, 7) is 3.70. The second-order valence-electron chi connectivity index (χ2n) is 15.2. The van der Waals surface area contributed by atoms with Gasteiger partial charge in [-0.05, 0) is 19.3 Å². The fourth-order valence-electron chi connectivity index (χ4n) is 6.80. The molecule has 9 heteroatoms. The molecule has 1 aliphatic heterocycles. The first-order valence-electron chi connectivity index (χ1n) is 21.6. The molecule has 0 spiro atoms. The maximum absolute atomic E-state index is 12.9. The minimum atomic E-state index is -1.57. The average molecular weight is 740 g/mol. The highest BCUT2D eigenvalue weighted by atomic mass is 16.7. The summed E-state index contributed by atoms with van der Waals surface area (Å²) in [6.07, 6.45) is 32.5. The van der Waals surface area contributed by atoms with Gasteiger partial charge >= 0.3 is 0 Å². The van der Waals surface area contributed by atoms with Crippen molar-refractivity contribution in [2.24, 2.45) is 0 Å². The Hall–Kier alpha value is -1.33. The van der Waals surface area contributed by atoms with Gasteiger partial charge in [-0.3, -0.25) is 4.79 Å². The maximum atomic E-state index is 12.9. The summed E-state index contributed by atoms with van der Waals surface area (Å²) in [5.41, 5.74) is 0. The number of aliphatic hydroxyl groups excluding tert-OH is 5. The Balaban J connectivity index is 2.30. The normalized spacial score (nSPS) is 22.0. The molecule has 7 atom stereocenters. The van der Waals surface area contributed by atoms with Crippen molar-refractivity contribution in [2.45, 2.75) is 230 Å². The van der Waals surface area contributed by atoms with Crippen molar-refractivity contribution < 1.29 is 39.8 Å². The quantitative estimate of drug-likeness (QED) is 0.0281. The van der Waals surface area contributed by atoms with Crippen LogP contribution in [0.25, 0.3) is 0 Å². The van der Waals surface area contributed by atoms with Crippen molar-refractivity contribution in [2.75, 3.05) is 13.2 Å². The molecule has 1 fully saturated rings. The van der Waals surface area contributed by atoms with E-state index in [9.17, 15) is 30.3 Å². The van der Waals surface area contributed by atoms with Gasteiger partial charge in [0.2, 0.25) is 5.91 Å². The number of aliphatic hydroxyl groups is 5. The smallest absolute Gasteiger partial charge is 0.220 e. The molecule has 0 aromatic carbocycles. The molecule has 1 rings (SSSR count). The Kier molecular flexibility index (Phi) is 32.0. The number of carbonyl (C=O) groups excluding carboxylic acids is 1. The Labute approximate surface area is 318 Å². The van der Waals surface area contributed by atoms with Crippen LogP contribution in [-0.2, 0) is 14.3 Å². The predicted octanol–water partition coefficient (Wildman–Crippen LogP) is 8.33. The number of hydrogen-bond donors (Lipinski definition) is 6. The van der Waals surface area contributed by atoms with Crippen molar-refractivity contribution in [1.82, 2.24) is 5.32 Å². The van der Waals surface area contributed by atoms with Gasteiger partial charge in [0, 0.05) is 6.42 Å². The van der Waals surface area contributed by atoms with E-state index in [0.29, 0.717) is 6.42 Å². The summed E-state index contributed by atoms with van der Waals surface area (Å²) in [7, 11) is 0. The van der Waals surface area contributed by atoms with E-state index < -0.39 is 49.5 Å². The zero-order chi connectivity index (χ0) is 38.1. The molecule has 52 heavy (non-hydrogen) atoms. The van der Waals surface area contributed by atoms with E-state index in [1.807, 2.05) is 6.08 Å². The topological polar surface area (TPSA) is 149 Å². The molecule has 0 aliphatic carbocycles. The summed E-state index contributed by atoms with van der Waals surface area (Å²) in [6, 6.07) is -0.830. The fraction of sp³-hybridized carbons (Fsp3) is 0.884. The summed E-state index contributed by atoms with van der Waals surface area (Å²) in [5, 5.41) is 53.8. The van der Waals surface area contributed by atoms with Crippen LogP contribution in [0.1, 0.15) is 187 Å². The van der Waals surface area contributed by atoms with Gasteiger partial charge in [-0.2, -0.15) is 0 Å². The zero-order valence-corrected chi connectivity index (χ0v) is 33.3. The van der Waals surface area contributed by atoms with E-state index in [0.717, 1.165) is 32.1 Å². The molecular weight excluding hydrogens is 658 g/mol. The second-order valence-corrected chi connectivity index (χ2v) is 15.2. The van der Waals surface area contributed by atoms with Crippen LogP contribution in [0.5, 0.6) is 0 Å². The van der Waals surface area contributed by atoms with Crippen LogP contribution in [0.15, 0.2) is 24.3 Å². The van der Waals surface area contributed by atoms with Crippen LogP contribution in [0.3, 0.4) is 0 Å². The van der Waals surface area contributed by atoms with Crippen molar-refractivity contribution in [1.29, 1.82) is 0 Å². The van der Waals surface area contributed by atoms with Crippen LogP contribution >= 0.6 is 0 Å². The minimum absolute atomic E-state index is 0.195. The van der Waals surface area contributed by atoms with E-state index in [4.69, 9.17) is 9.47 Å². The van der Waals surface area contributed by atoms with Crippen LogP contribution in [0.2, 0.25) is 0 Å². The van der Waals surface area contributed by atoms with E-state index >= 15 is 0 Å². The molecule has 0 radical (unpaired) electrons. The van der Waals surface area contributed by atoms with Gasteiger partial charge in [-0.15, -0.1) is 0 Å². The minimum Gasteiger partial charge on any atom is -0.394 e. The summed E-state index contributed by atoms with van der Waals surface area (Å²) in [4.78, 5) is 12.9.